The Hall–Kier alpha value is -1.74. The Bertz CT molecular complexity index is 342. The fourth-order valence-corrected chi connectivity index (χ4v) is 1.25. The van der Waals surface area contributed by atoms with Crippen LogP contribution in [0.15, 0.2) is 0 Å². The monoisotopic (exact) mass is 270 g/mol. The number of hydrogen-bond acceptors (Lipinski definition) is 4. The van der Waals surface area contributed by atoms with Crippen LogP contribution in [0.2, 0.25) is 0 Å². The molecule has 0 spiro atoms. The first-order valence-corrected chi connectivity index (χ1v) is 6.03. The van der Waals surface area contributed by atoms with Gasteiger partial charge in [0, 0.05) is 6.42 Å². The average molecular weight is 270 g/mol. The molecule has 0 radical (unpaired) electrons. The van der Waals surface area contributed by atoms with Gasteiger partial charge >= 0.3 is 6.09 Å². The maximum Gasteiger partial charge on any atom is 0.407 e. The SMILES string of the molecule is C#CCOC[C@H](CCC(N)=O)NC(=O)OC(C)(C)C. The molecule has 0 aliphatic rings. The summed E-state index contributed by atoms with van der Waals surface area (Å²) in [4.78, 5) is 22.4. The van der Waals surface area contributed by atoms with E-state index in [0.717, 1.165) is 0 Å². The van der Waals surface area contributed by atoms with Gasteiger partial charge in [0.15, 0.2) is 0 Å². The number of carbonyl (C=O) groups is 2. The van der Waals surface area contributed by atoms with E-state index in [1.54, 1.807) is 20.8 Å². The molecule has 0 aliphatic heterocycles. The summed E-state index contributed by atoms with van der Waals surface area (Å²) in [5.74, 6) is 1.88. The number of ether oxygens (including phenoxy) is 2. The number of terminal acetylenes is 1. The van der Waals surface area contributed by atoms with Crippen LogP contribution in [0.3, 0.4) is 0 Å². The van der Waals surface area contributed by atoms with Crippen molar-refractivity contribution < 1.29 is 19.1 Å². The van der Waals surface area contributed by atoms with Gasteiger partial charge in [-0.1, -0.05) is 5.92 Å². The van der Waals surface area contributed by atoms with E-state index < -0.39 is 17.6 Å². The molecule has 1 atom stereocenters. The van der Waals surface area contributed by atoms with Gasteiger partial charge in [-0.25, -0.2) is 4.79 Å². The second kappa shape index (κ2) is 8.38. The molecule has 0 aromatic rings. The lowest BCUT2D eigenvalue weighted by molar-refractivity contribution is -0.118. The molecule has 0 fully saturated rings. The van der Waals surface area contributed by atoms with Crippen molar-refractivity contribution in [3.05, 3.63) is 0 Å². The average Bonchev–Trinajstić information content (AvgIpc) is 2.23. The van der Waals surface area contributed by atoms with Crippen LogP contribution in [0.25, 0.3) is 0 Å². The van der Waals surface area contributed by atoms with E-state index in [1.807, 2.05) is 0 Å². The van der Waals surface area contributed by atoms with E-state index in [9.17, 15) is 9.59 Å². The molecule has 0 heterocycles. The third-order valence-electron chi connectivity index (χ3n) is 1.96. The van der Waals surface area contributed by atoms with Gasteiger partial charge in [-0.3, -0.25) is 4.79 Å². The highest BCUT2D eigenvalue weighted by Gasteiger charge is 2.19. The molecule has 6 nitrogen and oxygen atoms in total. The Morgan fingerprint density at radius 2 is 2.05 bits per heavy atom. The Labute approximate surface area is 114 Å². The Kier molecular flexibility index (Phi) is 7.61. The van der Waals surface area contributed by atoms with Crippen LogP contribution in [0.1, 0.15) is 33.6 Å². The quantitative estimate of drug-likeness (QED) is 0.528. The maximum absolute atomic E-state index is 11.6. The van der Waals surface area contributed by atoms with E-state index in [-0.39, 0.29) is 25.7 Å². The zero-order valence-corrected chi connectivity index (χ0v) is 11.7. The van der Waals surface area contributed by atoms with Gasteiger partial charge in [-0.15, -0.1) is 6.42 Å². The van der Waals surface area contributed by atoms with Crippen molar-refractivity contribution in [2.45, 2.75) is 45.3 Å². The van der Waals surface area contributed by atoms with Crippen molar-refractivity contribution in [2.75, 3.05) is 13.2 Å². The number of primary amides is 1. The van der Waals surface area contributed by atoms with Gasteiger partial charge in [0.1, 0.15) is 12.2 Å². The first-order valence-electron chi connectivity index (χ1n) is 6.03. The number of hydrogen-bond donors (Lipinski definition) is 2. The third-order valence-corrected chi connectivity index (χ3v) is 1.96. The molecule has 2 amide bonds. The smallest absolute Gasteiger partial charge is 0.407 e. The van der Waals surface area contributed by atoms with E-state index in [1.165, 1.54) is 0 Å². The minimum atomic E-state index is -0.585. The van der Waals surface area contributed by atoms with Gasteiger partial charge in [-0.05, 0) is 27.2 Å². The molecular formula is C13H22N2O4. The van der Waals surface area contributed by atoms with Gasteiger partial charge < -0.3 is 20.5 Å². The van der Waals surface area contributed by atoms with E-state index in [4.69, 9.17) is 21.6 Å². The van der Waals surface area contributed by atoms with Gasteiger partial charge in [0.05, 0.1) is 12.6 Å². The molecule has 0 saturated carbocycles. The van der Waals surface area contributed by atoms with Crippen LogP contribution in [0.5, 0.6) is 0 Å². The van der Waals surface area contributed by atoms with Crippen LogP contribution >= 0.6 is 0 Å². The van der Waals surface area contributed by atoms with Gasteiger partial charge in [-0.2, -0.15) is 0 Å². The van der Waals surface area contributed by atoms with Crippen LogP contribution in [-0.2, 0) is 14.3 Å². The molecule has 0 saturated heterocycles. The third kappa shape index (κ3) is 11.1. The lowest BCUT2D eigenvalue weighted by atomic mass is 10.1. The fraction of sp³-hybridized carbons (Fsp3) is 0.692. The van der Waals surface area contributed by atoms with Gasteiger partial charge in [0.25, 0.3) is 0 Å². The van der Waals surface area contributed by atoms with Crippen molar-refractivity contribution in [2.24, 2.45) is 5.73 Å². The predicted molar refractivity (Wildman–Crippen MR) is 71.2 cm³/mol. The highest BCUT2D eigenvalue weighted by Crippen LogP contribution is 2.07. The van der Waals surface area contributed by atoms with Crippen molar-refractivity contribution in [3.63, 3.8) is 0 Å². The number of nitrogens with one attached hydrogen (secondary N) is 1. The molecule has 19 heavy (non-hydrogen) atoms. The maximum atomic E-state index is 11.6. The number of carbonyl (C=O) groups excluding carboxylic acids is 2. The molecule has 3 N–H and O–H groups in total. The van der Waals surface area contributed by atoms with Crippen molar-refractivity contribution >= 4 is 12.0 Å². The summed E-state index contributed by atoms with van der Waals surface area (Å²) in [5, 5.41) is 2.63. The van der Waals surface area contributed by atoms with Crippen LogP contribution in [0, 0.1) is 12.3 Å². The van der Waals surface area contributed by atoms with E-state index in [0.29, 0.717) is 6.42 Å². The second-order valence-corrected chi connectivity index (χ2v) is 5.07. The summed E-state index contributed by atoms with van der Waals surface area (Å²) in [6.45, 7) is 5.64. The summed E-state index contributed by atoms with van der Waals surface area (Å²) in [6, 6.07) is -0.365. The van der Waals surface area contributed by atoms with Gasteiger partial charge in [0.2, 0.25) is 5.91 Å². The lowest BCUT2D eigenvalue weighted by Crippen LogP contribution is -2.42. The van der Waals surface area contributed by atoms with Crippen LogP contribution < -0.4 is 11.1 Å². The molecular weight excluding hydrogens is 248 g/mol. The van der Waals surface area contributed by atoms with E-state index in [2.05, 4.69) is 11.2 Å². The number of amides is 2. The molecule has 0 unspecified atom stereocenters. The second-order valence-electron chi connectivity index (χ2n) is 5.07. The summed E-state index contributed by atoms with van der Waals surface area (Å²) in [6.07, 6.45) is 5.02. The minimum absolute atomic E-state index is 0.142. The summed E-state index contributed by atoms with van der Waals surface area (Å²) in [5.41, 5.74) is 4.49. The molecule has 0 aliphatic carbocycles. The zero-order valence-electron chi connectivity index (χ0n) is 11.7. The molecule has 6 heteroatoms. The predicted octanol–water partition coefficient (Wildman–Crippen LogP) is 0.795. The number of rotatable bonds is 7. The summed E-state index contributed by atoms with van der Waals surface area (Å²) in [7, 11) is 0. The lowest BCUT2D eigenvalue weighted by Gasteiger charge is -2.23. The minimum Gasteiger partial charge on any atom is -0.444 e. The van der Waals surface area contributed by atoms with Crippen molar-refractivity contribution in [1.29, 1.82) is 0 Å². The highest BCUT2D eigenvalue weighted by molar-refractivity contribution is 5.74. The number of alkyl carbamates (subject to hydrolysis) is 1. The molecule has 0 rings (SSSR count). The normalized spacial score (nSPS) is 12.3. The Morgan fingerprint density at radius 3 is 2.53 bits per heavy atom. The summed E-state index contributed by atoms with van der Waals surface area (Å²) >= 11 is 0. The molecule has 0 aromatic heterocycles. The zero-order chi connectivity index (χ0) is 14.9. The molecule has 0 aromatic carbocycles. The first-order chi connectivity index (χ1) is 8.74. The van der Waals surface area contributed by atoms with Crippen LogP contribution in [-0.4, -0.2) is 36.9 Å². The molecule has 0 bridgehead atoms. The van der Waals surface area contributed by atoms with Crippen molar-refractivity contribution in [3.8, 4) is 12.3 Å². The largest absolute Gasteiger partial charge is 0.444 e. The molecule has 108 valence electrons. The van der Waals surface area contributed by atoms with Crippen molar-refractivity contribution in [1.82, 2.24) is 5.32 Å². The Morgan fingerprint density at radius 1 is 1.42 bits per heavy atom. The first kappa shape index (κ1) is 17.3. The van der Waals surface area contributed by atoms with E-state index >= 15 is 0 Å². The topological polar surface area (TPSA) is 90.6 Å². The number of nitrogens with two attached hydrogens (primary N) is 1. The van der Waals surface area contributed by atoms with Crippen LogP contribution in [0.4, 0.5) is 4.79 Å². The summed E-state index contributed by atoms with van der Waals surface area (Å²) < 4.78 is 10.3. The standard InChI is InChI=1S/C13H22N2O4/c1-5-8-18-9-10(6-7-11(14)16)15-12(17)19-13(2,3)4/h1,10H,6-9H2,2-4H3,(H2,14,16)(H,15,17)/t10-/m0/s1. The fourth-order valence-electron chi connectivity index (χ4n) is 1.25. The highest BCUT2D eigenvalue weighted by atomic mass is 16.6. The Balaban J connectivity index is 4.27.